The summed E-state index contributed by atoms with van der Waals surface area (Å²) in [4.78, 5) is 12.3. The predicted molar refractivity (Wildman–Crippen MR) is 117 cm³/mol. The number of nitrogens with zero attached hydrogens (tertiary/aromatic N) is 6. The minimum atomic E-state index is -0.377. The number of ether oxygens (including phenoxy) is 2. The van der Waals surface area contributed by atoms with Crippen molar-refractivity contribution in [2.75, 3.05) is 6.61 Å². The Bertz CT molecular complexity index is 1210. The van der Waals surface area contributed by atoms with Crippen LogP contribution in [0.3, 0.4) is 0 Å². The van der Waals surface area contributed by atoms with Gasteiger partial charge in [0.1, 0.15) is 12.4 Å². The third-order valence-electron chi connectivity index (χ3n) is 4.81. The van der Waals surface area contributed by atoms with Crippen LogP contribution in [-0.4, -0.2) is 38.0 Å². The Morgan fingerprint density at radius 1 is 1.23 bits per heavy atom. The maximum Gasteiger partial charge on any atom is 0.368 e. The molecule has 10 heteroatoms. The number of tetrazole rings is 1. The molecule has 0 spiro atoms. The zero-order valence-corrected chi connectivity index (χ0v) is 17.9. The topological polar surface area (TPSA) is 95.9 Å². The Balaban J connectivity index is 1.58. The highest BCUT2D eigenvalue weighted by atomic mass is 35.5. The fourth-order valence-electron chi connectivity index (χ4n) is 3.15. The first-order valence-corrected chi connectivity index (χ1v) is 10.2. The molecule has 0 saturated heterocycles. The van der Waals surface area contributed by atoms with E-state index in [-0.39, 0.29) is 12.3 Å². The molecular weight excluding hydrogens is 420 g/mol. The van der Waals surface area contributed by atoms with Gasteiger partial charge in [0, 0.05) is 36.0 Å². The van der Waals surface area contributed by atoms with Crippen LogP contribution < -0.4 is 10.4 Å². The first-order chi connectivity index (χ1) is 15.1. The molecule has 0 saturated carbocycles. The van der Waals surface area contributed by atoms with E-state index < -0.39 is 0 Å². The van der Waals surface area contributed by atoms with Crippen LogP contribution in [0.2, 0.25) is 5.02 Å². The largest absolute Gasteiger partial charge is 0.492 e. The third kappa shape index (κ3) is 4.36. The number of halogens is 1. The molecule has 0 N–H and O–H groups in total. The minimum absolute atomic E-state index is 0.106. The Morgan fingerprint density at radius 2 is 2.06 bits per heavy atom. The summed E-state index contributed by atoms with van der Waals surface area (Å²) in [6.45, 7) is 2.59. The van der Waals surface area contributed by atoms with E-state index in [4.69, 9.17) is 21.1 Å². The molecule has 1 aliphatic heterocycles. The van der Waals surface area contributed by atoms with Gasteiger partial charge in [-0.15, -0.1) is 5.10 Å². The van der Waals surface area contributed by atoms with Crippen molar-refractivity contribution in [1.82, 2.24) is 19.8 Å². The molecule has 0 fully saturated rings. The highest BCUT2D eigenvalue weighted by molar-refractivity contribution is 6.31. The van der Waals surface area contributed by atoms with Gasteiger partial charge in [0.25, 0.3) is 0 Å². The van der Waals surface area contributed by atoms with E-state index >= 15 is 0 Å². The molecule has 9 nitrogen and oxygen atoms in total. The number of aromatic nitrogens is 4. The lowest BCUT2D eigenvalue weighted by molar-refractivity contribution is 0.283. The maximum atomic E-state index is 12.3. The van der Waals surface area contributed by atoms with Crippen molar-refractivity contribution < 1.29 is 9.47 Å². The number of hydrogen-bond acceptors (Lipinski definition) is 7. The molecule has 2 heterocycles. The Kier molecular flexibility index (Phi) is 6.13. The Morgan fingerprint density at radius 3 is 2.84 bits per heavy atom. The molecule has 31 heavy (non-hydrogen) atoms. The van der Waals surface area contributed by atoms with Gasteiger partial charge in [-0.3, -0.25) is 0 Å². The number of para-hydroxylation sites is 1. The van der Waals surface area contributed by atoms with E-state index in [1.54, 1.807) is 18.2 Å². The van der Waals surface area contributed by atoms with Gasteiger partial charge >= 0.3 is 5.69 Å². The summed E-state index contributed by atoms with van der Waals surface area (Å²) in [5.74, 6) is 1.26. The molecule has 0 radical (unpaired) electrons. The van der Waals surface area contributed by atoms with Crippen LogP contribution in [0.4, 0.5) is 0 Å². The molecule has 0 atom stereocenters. The van der Waals surface area contributed by atoms with Crippen LogP contribution in [0.1, 0.15) is 30.9 Å². The van der Waals surface area contributed by atoms with Gasteiger partial charge in [0.05, 0.1) is 18.0 Å². The molecule has 0 aliphatic carbocycles. The van der Waals surface area contributed by atoms with E-state index in [1.807, 2.05) is 31.2 Å². The molecule has 0 amide bonds. The lowest BCUT2D eigenvalue weighted by Gasteiger charge is -2.18. The average molecular weight is 441 g/mol. The number of rotatable bonds is 5. The van der Waals surface area contributed by atoms with E-state index in [1.165, 1.54) is 11.7 Å². The van der Waals surface area contributed by atoms with Crippen molar-refractivity contribution >= 4 is 23.2 Å². The number of aryl methyl sites for hydroxylation is 1. The zero-order valence-electron chi connectivity index (χ0n) is 17.2. The molecular formula is C21H21ClN6O3. The zero-order chi connectivity index (χ0) is 21.8. The lowest BCUT2D eigenvalue weighted by atomic mass is 10.0. The molecule has 1 aromatic heterocycles. The van der Waals surface area contributed by atoms with Gasteiger partial charge in [-0.1, -0.05) is 36.7 Å². The molecule has 4 rings (SSSR count). The number of fused-ring (bicyclic) bond motifs is 1. The summed E-state index contributed by atoms with van der Waals surface area (Å²) in [6.07, 6.45) is 1.21. The monoisotopic (exact) mass is 440 g/mol. The first kappa shape index (κ1) is 20.8. The average Bonchev–Trinajstić information content (AvgIpc) is 3.12. The molecule has 1 aliphatic rings. The van der Waals surface area contributed by atoms with Crippen LogP contribution in [0.15, 0.2) is 57.5 Å². The van der Waals surface area contributed by atoms with Crippen LogP contribution in [0.5, 0.6) is 5.75 Å². The van der Waals surface area contributed by atoms with Crippen LogP contribution in [0.25, 0.3) is 5.69 Å². The van der Waals surface area contributed by atoms with E-state index in [9.17, 15) is 4.79 Å². The summed E-state index contributed by atoms with van der Waals surface area (Å²) in [7, 11) is 1.53. The van der Waals surface area contributed by atoms with E-state index in [2.05, 4.69) is 20.6 Å². The summed E-state index contributed by atoms with van der Waals surface area (Å²) in [5, 5.41) is 16.8. The molecule has 2 aromatic carbocycles. The summed E-state index contributed by atoms with van der Waals surface area (Å²) in [6, 6.07) is 13.0. The maximum absolute atomic E-state index is 12.3. The van der Waals surface area contributed by atoms with Crippen LogP contribution in [0, 0.1) is 0 Å². The smallest absolute Gasteiger partial charge is 0.368 e. The number of benzene rings is 2. The second kappa shape index (κ2) is 9.13. The van der Waals surface area contributed by atoms with Gasteiger partial charge in [0.2, 0.25) is 5.90 Å². The highest BCUT2D eigenvalue weighted by Gasteiger charge is 2.17. The van der Waals surface area contributed by atoms with Gasteiger partial charge in [-0.25, -0.2) is 4.79 Å². The van der Waals surface area contributed by atoms with Gasteiger partial charge in [-0.2, -0.15) is 14.5 Å². The summed E-state index contributed by atoms with van der Waals surface area (Å²) < 4.78 is 13.9. The number of hydrogen-bond donors (Lipinski definition) is 0. The summed E-state index contributed by atoms with van der Waals surface area (Å²) in [5.41, 5.74) is 2.52. The summed E-state index contributed by atoms with van der Waals surface area (Å²) >= 11 is 6.39. The predicted octanol–water partition coefficient (Wildman–Crippen LogP) is 3.13. The Hall–Kier alpha value is -3.46. The van der Waals surface area contributed by atoms with Crippen molar-refractivity contribution in [3.8, 4) is 11.4 Å². The molecule has 160 valence electrons. The fourth-order valence-corrected chi connectivity index (χ4v) is 3.38. The van der Waals surface area contributed by atoms with Gasteiger partial charge in [0.15, 0.2) is 0 Å². The van der Waals surface area contributed by atoms with E-state index in [0.29, 0.717) is 41.6 Å². The van der Waals surface area contributed by atoms with Crippen LogP contribution >= 0.6 is 11.6 Å². The molecule has 3 aromatic rings. The quantitative estimate of drug-likeness (QED) is 0.345. The Labute approximate surface area is 183 Å². The molecule has 0 bridgehead atoms. The van der Waals surface area contributed by atoms with Crippen molar-refractivity contribution in [3.63, 3.8) is 0 Å². The fraction of sp³-hybridized carbons (Fsp3) is 0.286. The third-order valence-corrected chi connectivity index (χ3v) is 5.16. The van der Waals surface area contributed by atoms with Gasteiger partial charge in [-0.05, 0) is 34.7 Å². The lowest BCUT2D eigenvalue weighted by Crippen LogP contribution is -2.23. The van der Waals surface area contributed by atoms with Crippen LogP contribution in [-0.2, 0) is 18.4 Å². The second-order valence-corrected chi connectivity index (χ2v) is 7.22. The van der Waals surface area contributed by atoms with Crippen molar-refractivity contribution in [2.24, 2.45) is 17.3 Å². The first-order valence-electron chi connectivity index (χ1n) is 9.83. The van der Waals surface area contributed by atoms with Crippen molar-refractivity contribution in [2.45, 2.75) is 26.4 Å². The van der Waals surface area contributed by atoms with Gasteiger partial charge < -0.3 is 9.47 Å². The normalized spacial score (nSPS) is 14.9. The standard InChI is InChI=1S/C21H21ClN6O3/c1-3-20(24-23-17-11-12-30-19-10-5-4-7-14(17)19)31-13-15-16(22)8-6-9-18(15)28-21(29)27(2)25-26-28/h4-10H,3,11-13H2,1-2H3/b23-17-,24-20-. The second-order valence-electron chi connectivity index (χ2n) is 6.81. The molecule has 0 unspecified atom stereocenters. The van der Waals surface area contributed by atoms with Crippen molar-refractivity contribution in [3.05, 3.63) is 69.1 Å². The SMILES string of the molecule is CC/C(=N/N=C1/CCOc2ccccc21)OCc1c(Cl)cccc1-n1nnn(C)c1=O. The minimum Gasteiger partial charge on any atom is -0.492 e. The van der Waals surface area contributed by atoms with Crippen molar-refractivity contribution in [1.29, 1.82) is 0 Å². The highest BCUT2D eigenvalue weighted by Crippen LogP contribution is 2.25. The van der Waals surface area contributed by atoms with E-state index in [0.717, 1.165) is 21.7 Å².